The Balaban J connectivity index is 1.51. The van der Waals surface area contributed by atoms with Crippen LogP contribution in [0.5, 0.6) is 0 Å². The van der Waals surface area contributed by atoms with Crippen molar-refractivity contribution in [2.75, 3.05) is 42.9 Å². The molecule has 0 saturated carbocycles. The summed E-state index contributed by atoms with van der Waals surface area (Å²) in [5.74, 6) is -0.770. The van der Waals surface area contributed by atoms with Gasteiger partial charge >= 0.3 is 0 Å². The Morgan fingerprint density at radius 2 is 1.84 bits per heavy atom. The Morgan fingerprint density at radius 1 is 1.12 bits per heavy atom. The standard InChI is InChI=1S/C20H24N4O6S2/c25-20-7-13-31(26,27)24(20)17-3-5-18(6-4-17)32(28,29)22-15-19(16-2-1-8-21-14-16)23-9-11-30-12-10-23/h1-6,8,14,19,22H,7,9-13,15H2/t19-/m1/s1. The number of anilines is 1. The molecular weight excluding hydrogens is 456 g/mol. The lowest BCUT2D eigenvalue weighted by molar-refractivity contribution is -0.116. The van der Waals surface area contributed by atoms with Gasteiger partial charge in [0.25, 0.3) is 0 Å². The summed E-state index contributed by atoms with van der Waals surface area (Å²) in [5.41, 5.74) is 1.03. The van der Waals surface area contributed by atoms with E-state index >= 15 is 0 Å². The highest BCUT2D eigenvalue weighted by molar-refractivity contribution is 7.94. The molecule has 0 bridgehead atoms. The Morgan fingerprint density at radius 3 is 2.44 bits per heavy atom. The van der Waals surface area contributed by atoms with Crippen LogP contribution in [-0.2, 0) is 29.6 Å². The number of benzene rings is 1. The van der Waals surface area contributed by atoms with E-state index in [0.29, 0.717) is 26.3 Å². The molecule has 2 saturated heterocycles. The lowest BCUT2D eigenvalue weighted by atomic mass is 10.1. The zero-order chi connectivity index (χ0) is 22.8. The van der Waals surface area contributed by atoms with E-state index in [2.05, 4.69) is 14.6 Å². The van der Waals surface area contributed by atoms with Crippen molar-refractivity contribution in [3.63, 3.8) is 0 Å². The highest BCUT2D eigenvalue weighted by Gasteiger charge is 2.36. The molecule has 2 aromatic rings. The van der Waals surface area contributed by atoms with Crippen LogP contribution in [-0.4, -0.2) is 71.2 Å². The van der Waals surface area contributed by atoms with E-state index in [1.807, 2.05) is 12.1 Å². The van der Waals surface area contributed by atoms with Gasteiger partial charge in [-0.1, -0.05) is 6.07 Å². The molecule has 1 aromatic heterocycles. The monoisotopic (exact) mass is 480 g/mol. The molecule has 1 N–H and O–H groups in total. The quantitative estimate of drug-likeness (QED) is 0.607. The number of aromatic nitrogens is 1. The van der Waals surface area contributed by atoms with Crippen molar-refractivity contribution in [2.45, 2.75) is 17.4 Å². The molecule has 32 heavy (non-hydrogen) atoms. The number of hydrogen-bond acceptors (Lipinski definition) is 8. The van der Waals surface area contributed by atoms with E-state index in [4.69, 9.17) is 4.74 Å². The summed E-state index contributed by atoms with van der Waals surface area (Å²) in [7, 11) is -7.57. The maximum absolute atomic E-state index is 12.9. The highest BCUT2D eigenvalue weighted by Crippen LogP contribution is 2.27. The molecular formula is C20H24N4O6S2. The molecule has 0 radical (unpaired) electrons. The first-order valence-electron chi connectivity index (χ1n) is 10.2. The summed E-state index contributed by atoms with van der Waals surface area (Å²) >= 11 is 0. The van der Waals surface area contributed by atoms with Crippen molar-refractivity contribution < 1.29 is 26.4 Å². The number of pyridine rings is 1. The second-order valence-corrected chi connectivity index (χ2v) is 11.2. The highest BCUT2D eigenvalue weighted by atomic mass is 32.2. The molecule has 2 aliphatic heterocycles. The van der Waals surface area contributed by atoms with Crippen LogP contribution in [0.25, 0.3) is 0 Å². The zero-order valence-corrected chi connectivity index (χ0v) is 18.9. The van der Waals surface area contributed by atoms with Gasteiger partial charge in [0.2, 0.25) is 26.0 Å². The summed E-state index contributed by atoms with van der Waals surface area (Å²) in [5, 5.41) is 0. The van der Waals surface area contributed by atoms with E-state index in [0.717, 1.165) is 9.87 Å². The van der Waals surface area contributed by atoms with Crippen molar-refractivity contribution in [2.24, 2.45) is 0 Å². The van der Waals surface area contributed by atoms with Crippen molar-refractivity contribution >= 4 is 31.6 Å². The smallest absolute Gasteiger partial charge is 0.242 e. The molecule has 3 heterocycles. The number of hydrogen-bond donors (Lipinski definition) is 1. The molecule has 1 aromatic carbocycles. The van der Waals surface area contributed by atoms with Crippen LogP contribution in [0.4, 0.5) is 5.69 Å². The van der Waals surface area contributed by atoms with Gasteiger partial charge in [0.15, 0.2) is 0 Å². The third kappa shape index (κ3) is 4.84. The normalized spacial score (nSPS) is 20.4. The zero-order valence-electron chi connectivity index (χ0n) is 17.3. The van der Waals surface area contributed by atoms with Gasteiger partial charge in [-0.05, 0) is 35.9 Å². The molecule has 172 valence electrons. The SMILES string of the molecule is O=C1CCS(=O)(=O)N1c1ccc(S(=O)(=O)NC[C@H](c2cccnc2)N2CCOCC2)cc1. The maximum Gasteiger partial charge on any atom is 0.242 e. The molecule has 2 fully saturated rings. The molecule has 2 aliphatic rings. The van der Waals surface area contributed by atoms with E-state index in [9.17, 15) is 21.6 Å². The lowest BCUT2D eigenvalue weighted by Gasteiger charge is -2.34. The van der Waals surface area contributed by atoms with Gasteiger partial charge < -0.3 is 4.74 Å². The number of carbonyl (C=O) groups is 1. The number of carbonyl (C=O) groups excluding carboxylic acids is 1. The second kappa shape index (κ2) is 9.24. The molecule has 1 atom stereocenters. The van der Waals surface area contributed by atoms with E-state index in [1.165, 1.54) is 24.3 Å². The predicted molar refractivity (Wildman–Crippen MR) is 117 cm³/mol. The average molecular weight is 481 g/mol. The molecule has 0 unspecified atom stereocenters. The van der Waals surface area contributed by atoms with Crippen LogP contribution >= 0.6 is 0 Å². The summed E-state index contributed by atoms with van der Waals surface area (Å²) in [6, 6.07) is 8.76. The molecule has 0 aliphatic carbocycles. The average Bonchev–Trinajstić information content (AvgIpc) is 3.07. The summed E-state index contributed by atoms with van der Waals surface area (Å²) in [6.07, 6.45) is 3.30. The van der Waals surface area contributed by atoms with Crippen molar-refractivity contribution in [3.8, 4) is 0 Å². The van der Waals surface area contributed by atoms with Crippen LogP contribution in [0, 0.1) is 0 Å². The first kappa shape index (κ1) is 22.8. The first-order valence-corrected chi connectivity index (χ1v) is 13.2. The lowest BCUT2D eigenvalue weighted by Crippen LogP contribution is -2.43. The van der Waals surface area contributed by atoms with Crippen LogP contribution in [0.2, 0.25) is 0 Å². The molecule has 0 spiro atoms. The molecule has 4 rings (SSSR count). The third-order valence-electron chi connectivity index (χ3n) is 5.48. The van der Waals surface area contributed by atoms with Gasteiger partial charge in [-0.3, -0.25) is 14.7 Å². The van der Waals surface area contributed by atoms with Crippen molar-refractivity contribution in [1.29, 1.82) is 0 Å². The molecule has 12 heteroatoms. The maximum atomic E-state index is 12.9. The van der Waals surface area contributed by atoms with Crippen LogP contribution in [0.1, 0.15) is 18.0 Å². The number of ether oxygens (including phenoxy) is 1. The Hall–Kier alpha value is -2.38. The minimum Gasteiger partial charge on any atom is -0.379 e. The fourth-order valence-corrected chi connectivity index (χ4v) is 6.32. The summed E-state index contributed by atoms with van der Waals surface area (Å²) in [6.45, 7) is 2.63. The topological polar surface area (TPSA) is 126 Å². The number of amides is 1. The number of rotatable bonds is 7. The van der Waals surface area contributed by atoms with E-state index in [1.54, 1.807) is 12.4 Å². The molecule has 1 amide bonds. The first-order chi connectivity index (χ1) is 15.3. The largest absolute Gasteiger partial charge is 0.379 e. The van der Waals surface area contributed by atoms with Gasteiger partial charge in [-0.15, -0.1) is 0 Å². The fraction of sp³-hybridized carbons (Fsp3) is 0.400. The van der Waals surface area contributed by atoms with Gasteiger partial charge in [0, 0.05) is 38.4 Å². The van der Waals surface area contributed by atoms with E-state index in [-0.39, 0.29) is 35.3 Å². The minimum atomic E-state index is -3.87. The Kier molecular flexibility index (Phi) is 6.58. The predicted octanol–water partition coefficient (Wildman–Crippen LogP) is 0.500. The van der Waals surface area contributed by atoms with Crippen molar-refractivity contribution in [3.05, 3.63) is 54.4 Å². The number of nitrogens with one attached hydrogen (secondary N) is 1. The third-order valence-corrected chi connectivity index (χ3v) is 8.61. The van der Waals surface area contributed by atoms with Crippen LogP contribution < -0.4 is 9.03 Å². The van der Waals surface area contributed by atoms with Crippen LogP contribution in [0.15, 0.2) is 53.7 Å². The second-order valence-electron chi connectivity index (χ2n) is 7.52. The summed E-state index contributed by atoms with van der Waals surface area (Å²) < 4.78 is 58.7. The minimum absolute atomic E-state index is 0.0165. The van der Waals surface area contributed by atoms with Gasteiger partial charge in [0.05, 0.1) is 35.6 Å². The fourth-order valence-electron chi connectivity index (χ4n) is 3.82. The Labute approximate surface area is 187 Å². The van der Waals surface area contributed by atoms with E-state index < -0.39 is 26.0 Å². The Bertz CT molecular complexity index is 1160. The van der Waals surface area contributed by atoms with Crippen molar-refractivity contribution in [1.82, 2.24) is 14.6 Å². The van der Waals surface area contributed by atoms with Gasteiger partial charge in [-0.2, -0.15) is 0 Å². The van der Waals surface area contributed by atoms with Gasteiger partial charge in [0.1, 0.15) is 0 Å². The van der Waals surface area contributed by atoms with Gasteiger partial charge in [-0.25, -0.2) is 25.9 Å². The summed E-state index contributed by atoms with van der Waals surface area (Å²) in [4.78, 5) is 18.2. The van der Waals surface area contributed by atoms with Crippen LogP contribution in [0.3, 0.4) is 0 Å². The molecule has 10 nitrogen and oxygen atoms in total. The number of sulfonamides is 2. The number of morpholine rings is 1. The number of nitrogens with zero attached hydrogens (tertiary/aromatic N) is 3.